The zero-order valence-corrected chi connectivity index (χ0v) is 13.5. The van der Waals surface area contributed by atoms with E-state index < -0.39 is 0 Å². The maximum Gasteiger partial charge on any atom is 0.221 e. The molecule has 0 aliphatic carbocycles. The first-order valence-corrected chi connectivity index (χ1v) is 7.50. The second kappa shape index (κ2) is 6.15. The van der Waals surface area contributed by atoms with E-state index in [4.69, 9.17) is 10.5 Å². The summed E-state index contributed by atoms with van der Waals surface area (Å²) >= 11 is 3.43. The minimum Gasteiger partial charge on any atom is -0.497 e. The van der Waals surface area contributed by atoms with E-state index in [2.05, 4.69) is 25.9 Å². The zero-order chi connectivity index (χ0) is 15.5. The number of nitrogen functional groups attached to an aromatic ring is 1. The second-order valence-electron chi connectivity index (χ2n) is 4.73. The molecule has 22 heavy (non-hydrogen) atoms. The lowest BCUT2D eigenvalue weighted by Gasteiger charge is -2.07. The van der Waals surface area contributed by atoms with Gasteiger partial charge in [0, 0.05) is 15.6 Å². The van der Waals surface area contributed by atoms with Crippen LogP contribution in [0.3, 0.4) is 0 Å². The summed E-state index contributed by atoms with van der Waals surface area (Å²) in [4.78, 5) is 8.64. The normalized spacial score (nSPS) is 10.5. The van der Waals surface area contributed by atoms with Crippen molar-refractivity contribution in [1.82, 2.24) is 9.97 Å². The van der Waals surface area contributed by atoms with Gasteiger partial charge in [-0.05, 0) is 42.5 Å². The third-order valence-electron chi connectivity index (χ3n) is 3.27. The van der Waals surface area contributed by atoms with E-state index in [-0.39, 0.29) is 5.95 Å². The fraction of sp³-hybridized carbons (Fsp3) is 0.0588. The molecule has 2 N–H and O–H groups in total. The Morgan fingerprint density at radius 3 is 1.86 bits per heavy atom. The molecule has 3 aromatic rings. The predicted molar refractivity (Wildman–Crippen MR) is 91.6 cm³/mol. The highest BCUT2D eigenvalue weighted by atomic mass is 79.9. The van der Waals surface area contributed by atoms with Crippen molar-refractivity contribution in [2.75, 3.05) is 12.8 Å². The smallest absolute Gasteiger partial charge is 0.221 e. The van der Waals surface area contributed by atoms with Gasteiger partial charge in [-0.1, -0.05) is 28.1 Å². The van der Waals surface area contributed by atoms with Crippen LogP contribution in [0, 0.1) is 0 Å². The molecule has 5 heteroatoms. The van der Waals surface area contributed by atoms with Crippen molar-refractivity contribution >= 4 is 21.9 Å². The Kier molecular flexibility index (Phi) is 4.06. The number of hydrogen-bond donors (Lipinski definition) is 1. The van der Waals surface area contributed by atoms with Crippen LogP contribution < -0.4 is 10.5 Å². The Morgan fingerprint density at radius 2 is 1.36 bits per heavy atom. The van der Waals surface area contributed by atoms with E-state index in [0.717, 1.165) is 32.7 Å². The Morgan fingerprint density at radius 1 is 0.864 bits per heavy atom. The number of halogens is 1. The third-order valence-corrected chi connectivity index (χ3v) is 3.80. The third kappa shape index (κ3) is 3.09. The van der Waals surface area contributed by atoms with Gasteiger partial charge in [-0.15, -0.1) is 0 Å². The lowest BCUT2D eigenvalue weighted by atomic mass is 10.1. The van der Waals surface area contributed by atoms with Crippen LogP contribution in [0.4, 0.5) is 5.95 Å². The summed E-state index contributed by atoms with van der Waals surface area (Å²) < 4.78 is 6.19. The van der Waals surface area contributed by atoms with Gasteiger partial charge >= 0.3 is 0 Å². The highest BCUT2D eigenvalue weighted by Crippen LogP contribution is 2.26. The molecule has 110 valence electrons. The highest BCUT2D eigenvalue weighted by Gasteiger charge is 2.07. The Bertz CT molecular complexity index is 786. The fourth-order valence-electron chi connectivity index (χ4n) is 2.14. The van der Waals surface area contributed by atoms with Crippen LogP contribution >= 0.6 is 15.9 Å². The van der Waals surface area contributed by atoms with Gasteiger partial charge in [0.25, 0.3) is 0 Å². The Hall–Kier alpha value is -2.40. The molecular weight excluding hydrogens is 342 g/mol. The molecule has 1 heterocycles. The number of hydrogen-bond acceptors (Lipinski definition) is 4. The van der Waals surface area contributed by atoms with Gasteiger partial charge < -0.3 is 10.5 Å². The number of rotatable bonds is 3. The molecule has 0 radical (unpaired) electrons. The molecule has 0 fully saturated rings. The Balaban J connectivity index is 2.03. The number of nitrogens with zero attached hydrogens (tertiary/aromatic N) is 2. The summed E-state index contributed by atoms with van der Waals surface area (Å²) in [6, 6.07) is 17.5. The van der Waals surface area contributed by atoms with Crippen LogP contribution in [0.15, 0.2) is 59.1 Å². The average molecular weight is 356 g/mol. The second-order valence-corrected chi connectivity index (χ2v) is 5.65. The minimum atomic E-state index is 0.256. The quantitative estimate of drug-likeness (QED) is 0.765. The van der Waals surface area contributed by atoms with Gasteiger partial charge in [-0.25, -0.2) is 9.97 Å². The molecule has 0 spiro atoms. The van der Waals surface area contributed by atoms with Crippen molar-refractivity contribution in [1.29, 1.82) is 0 Å². The monoisotopic (exact) mass is 355 g/mol. The van der Waals surface area contributed by atoms with Gasteiger partial charge in [-0.3, -0.25) is 0 Å². The average Bonchev–Trinajstić information content (AvgIpc) is 2.55. The molecule has 0 saturated carbocycles. The molecule has 0 atom stereocenters. The van der Waals surface area contributed by atoms with E-state index in [9.17, 15) is 0 Å². The molecule has 0 aliphatic rings. The van der Waals surface area contributed by atoms with Gasteiger partial charge in [0.05, 0.1) is 18.5 Å². The molecule has 0 unspecified atom stereocenters. The standard InChI is InChI=1S/C17H14BrN3O/c1-22-14-8-4-12(5-9-14)16-10-15(20-17(19)21-16)11-2-6-13(18)7-3-11/h2-10H,1H3,(H2,19,20,21). The highest BCUT2D eigenvalue weighted by molar-refractivity contribution is 9.10. The maximum absolute atomic E-state index is 5.86. The van der Waals surface area contributed by atoms with E-state index in [0.29, 0.717) is 0 Å². The van der Waals surface area contributed by atoms with Gasteiger partial charge in [-0.2, -0.15) is 0 Å². The van der Waals surface area contributed by atoms with Crippen LogP contribution in [0.25, 0.3) is 22.5 Å². The van der Waals surface area contributed by atoms with E-state index in [1.54, 1.807) is 7.11 Å². The van der Waals surface area contributed by atoms with Crippen molar-refractivity contribution in [3.63, 3.8) is 0 Å². The van der Waals surface area contributed by atoms with Crippen LogP contribution in [0.1, 0.15) is 0 Å². The van der Waals surface area contributed by atoms with Gasteiger partial charge in [0.2, 0.25) is 5.95 Å². The molecule has 3 rings (SSSR count). The first-order valence-electron chi connectivity index (χ1n) is 6.70. The summed E-state index contributed by atoms with van der Waals surface area (Å²) in [7, 11) is 1.64. The minimum absolute atomic E-state index is 0.256. The molecule has 0 bridgehead atoms. The largest absolute Gasteiger partial charge is 0.497 e. The Labute approximate surface area is 137 Å². The first kappa shape index (κ1) is 14.5. The number of anilines is 1. The molecule has 0 saturated heterocycles. The lowest BCUT2D eigenvalue weighted by molar-refractivity contribution is 0.415. The number of nitrogens with two attached hydrogens (primary N) is 1. The number of benzene rings is 2. The predicted octanol–water partition coefficient (Wildman–Crippen LogP) is 4.16. The summed E-state index contributed by atoms with van der Waals surface area (Å²) in [5, 5.41) is 0. The molecular formula is C17H14BrN3O. The van der Waals surface area contributed by atoms with Crippen LogP contribution in [-0.4, -0.2) is 17.1 Å². The van der Waals surface area contributed by atoms with Crippen molar-refractivity contribution in [3.05, 3.63) is 59.1 Å². The first-order chi connectivity index (χ1) is 10.7. The summed E-state index contributed by atoms with van der Waals surface area (Å²) in [5.74, 6) is 1.06. The van der Waals surface area contributed by atoms with Crippen LogP contribution in [-0.2, 0) is 0 Å². The van der Waals surface area contributed by atoms with E-state index in [1.165, 1.54) is 0 Å². The van der Waals surface area contributed by atoms with Crippen LogP contribution in [0.5, 0.6) is 5.75 Å². The summed E-state index contributed by atoms with van der Waals surface area (Å²) in [6.07, 6.45) is 0. The van der Waals surface area contributed by atoms with E-state index >= 15 is 0 Å². The SMILES string of the molecule is COc1ccc(-c2cc(-c3ccc(Br)cc3)nc(N)n2)cc1. The maximum atomic E-state index is 5.86. The number of aromatic nitrogens is 2. The summed E-state index contributed by atoms with van der Waals surface area (Å²) in [5.41, 5.74) is 9.40. The van der Waals surface area contributed by atoms with Crippen molar-refractivity contribution < 1.29 is 4.74 Å². The van der Waals surface area contributed by atoms with Crippen molar-refractivity contribution in [2.45, 2.75) is 0 Å². The molecule has 2 aromatic carbocycles. The zero-order valence-electron chi connectivity index (χ0n) is 12.0. The fourth-order valence-corrected chi connectivity index (χ4v) is 2.41. The van der Waals surface area contributed by atoms with Gasteiger partial charge in [0.15, 0.2) is 0 Å². The lowest BCUT2D eigenvalue weighted by Crippen LogP contribution is -1.98. The van der Waals surface area contributed by atoms with E-state index in [1.807, 2.05) is 54.6 Å². The van der Waals surface area contributed by atoms with Gasteiger partial charge in [0.1, 0.15) is 5.75 Å². The molecule has 4 nitrogen and oxygen atoms in total. The van der Waals surface area contributed by atoms with Crippen molar-refractivity contribution in [3.8, 4) is 28.3 Å². The van der Waals surface area contributed by atoms with Crippen LogP contribution in [0.2, 0.25) is 0 Å². The molecule has 0 aliphatic heterocycles. The molecule has 0 amide bonds. The summed E-state index contributed by atoms with van der Waals surface area (Å²) in [6.45, 7) is 0. The number of methoxy groups -OCH3 is 1. The topological polar surface area (TPSA) is 61.0 Å². The molecule has 1 aromatic heterocycles. The van der Waals surface area contributed by atoms with Crippen molar-refractivity contribution in [2.24, 2.45) is 0 Å². The number of ether oxygens (including phenoxy) is 1.